The van der Waals surface area contributed by atoms with Crippen LogP contribution in [0.5, 0.6) is 0 Å². The molecule has 1 amide bonds. The Labute approximate surface area is 117 Å². The lowest BCUT2D eigenvalue weighted by Crippen LogP contribution is -2.52. The first-order valence-corrected chi connectivity index (χ1v) is 9.79. The minimum atomic E-state index is -1.83. The zero-order valence-corrected chi connectivity index (χ0v) is 13.8. The molecule has 5 heteroatoms. The molecule has 2 atom stereocenters. The number of hydrogen-bond acceptors (Lipinski definition) is 2. The summed E-state index contributed by atoms with van der Waals surface area (Å²) >= 11 is 0. The molecule has 4 nitrogen and oxygen atoms in total. The molecule has 110 valence electrons. The fourth-order valence-electron chi connectivity index (χ4n) is 2.11. The molecule has 1 saturated heterocycles. The number of carbonyl (C=O) groups is 1. The molecule has 19 heavy (non-hydrogen) atoms. The molecule has 0 aromatic heterocycles. The first-order chi connectivity index (χ1) is 8.58. The van der Waals surface area contributed by atoms with Gasteiger partial charge in [-0.15, -0.1) is 6.58 Å². The lowest BCUT2D eigenvalue weighted by Gasteiger charge is -2.43. The van der Waals surface area contributed by atoms with Crippen molar-refractivity contribution in [2.75, 3.05) is 6.54 Å². The summed E-state index contributed by atoms with van der Waals surface area (Å²) in [5.74, 6) is 0. The zero-order valence-electron chi connectivity index (χ0n) is 12.8. The number of nitrogens with zero attached hydrogens (tertiary/aromatic N) is 1. The average molecular weight is 285 g/mol. The number of rotatable bonds is 3. The lowest BCUT2D eigenvalue weighted by atomic mass is 10.0. The number of likely N-dealkylation sites (tertiary alicyclic amines) is 1. The van der Waals surface area contributed by atoms with Crippen LogP contribution in [0.25, 0.3) is 0 Å². The molecule has 1 fully saturated rings. The summed E-state index contributed by atoms with van der Waals surface area (Å²) in [6, 6.07) is -0.0724. The highest BCUT2D eigenvalue weighted by molar-refractivity contribution is 6.74. The molecule has 1 N–H and O–H groups in total. The monoisotopic (exact) mass is 285 g/mol. The molecule has 1 rings (SSSR count). The molecule has 1 aliphatic rings. The van der Waals surface area contributed by atoms with Crippen LogP contribution in [-0.2, 0) is 4.43 Å². The van der Waals surface area contributed by atoms with Gasteiger partial charge in [-0.3, -0.25) is 4.90 Å². The molecule has 0 spiro atoms. The van der Waals surface area contributed by atoms with E-state index in [0.29, 0.717) is 6.54 Å². The number of carboxylic acid groups (broad SMARTS) is 1. The van der Waals surface area contributed by atoms with Gasteiger partial charge in [-0.1, -0.05) is 26.8 Å². The van der Waals surface area contributed by atoms with E-state index in [9.17, 15) is 9.90 Å². The molecule has 0 saturated carbocycles. The highest BCUT2D eigenvalue weighted by Crippen LogP contribution is 2.38. The topological polar surface area (TPSA) is 49.8 Å². The summed E-state index contributed by atoms with van der Waals surface area (Å²) < 4.78 is 6.32. The maximum absolute atomic E-state index is 11.3. The molecule has 0 unspecified atom stereocenters. The van der Waals surface area contributed by atoms with Crippen molar-refractivity contribution in [3.63, 3.8) is 0 Å². The smallest absolute Gasteiger partial charge is 0.407 e. The zero-order chi connectivity index (χ0) is 14.8. The summed E-state index contributed by atoms with van der Waals surface area (Å²) in [5.41, 5.74) is 0. The minimum absolute atomic E-state index is 0.0215. The third-order valence-corrected chi connectivity index (χ3v) is 8.91. The van der Waals surface area contributed by atoms with Gasteiger partial charge in [0.2, 0.25) is 0 Å². The number of amides is 1. The Bertz CT molecular complexity index is 349. The summed E-state index contributed by atoms with van der Waals surface area (Å²) in [7, 11) is -1.83. The second kappa shape index (κ2) is 5.67. The quantitative estimate of drug-likeness (QED) is 0.635. The van der Waals surface area contributed by atoms with Gasteiger partial charge in [0.05, 0.1) is 12.1 Å². The fourth-order valence-corrected chi connectivity index (χ4v) is 3.49. The van der Waals surface area contributed by atoms with Crippen molar-refractivity contribution in [3.05, 3.63) is 12.7 Å². The first kappa shape index (κ1) is 16.2. The van der Waals surface area contributed by atoms with Crippen LogP contribution in [0, 0.1) is 0 Å². The standard InChI is InChI=1S/C14H27NO3Si/c1-7-11-8-9-12(10-15(11)13(16)17)18-19(5,6)14(2,3)4/h7,11-12H,1,8-10H2,2-6H3,(H,16,17)/t11-,12+/m0/s1. The fraction of sp³-hybridized carbons (Fsp3) is 0.786. The lowest BCUT2D eigenvalue weighted by molar-refractivity contribution is 0.0547. The molecule has 0 aliphatic carbocycles. The van der Waals surface area contributed by atoms with Crippen molar-refractivity contribution < 1.29 is 14.3 Å². The first-order valence-electron chi connectivity index (χ1n) is 6.88. The van der Waals surface area contributed by atoms with E-state index in [0.717, 1.165) is 12.8 Å². The van der Waals surface area contributed by atoms with Crippen molar-refractivity contribution >= 4 is 14.4 Å². The maximum Gasteiger partial charge on any atom is 0.407 e. The third-order valence-electron chi connectivity index (χ3n) is 4.37. The van der Waals surface area contributed by atoms with Crippen LogP contribution in [0.15, 0.2) is 12.7 Å². The Balaban J connectivity index is 2.73. The van der Waals surface area contributed by atoms with Crippen LogP contribution >= 0.6 is 0 Å². The van der Waals surface area contributed by atoms with Crippen LogP contribution in [0.1, 0.15) is 33.6 Å². The Morgan fingerprint density at radius 1 is 1.42 bits per heavy atom. The number of hydrogen-bond donors (Lipinski definition) is 1. The second-order valence-electron chi connectivity index (χ2n) is 6.82. The summed E-state index contributed by atoms with van der Waals surface area (Å²) in [6.07, 6.45) is 2.57. The predicted molar refractivity (Wildman–Crippen MR) is 80.0 cm³/mol. The van der Waals surface area contributed by atoms with Crippen molar-refractivity contribution in [2.24, 2.45) is 0 Å². The second-order valence-corrected chi connectivity index (χ2v) is 11.6. The van der Waals surface area contributed by atoms with Crippen molar-refractivity contribution in [1.82, 2.24) is 4.90 Å². The molecular formula is C14H27NO3Si. The predicted octanol–water partition coefficient (Wildman–Crippen LogP) is 3.71. The van der Waals surface area contributed by atoms with Crippen LogP contribution in [0.3, 0.4) is 0 Å². The van der Waals surface area contributed by atoms with Crippen LogP contribution in [-0.4, -0.2) is 43.1 Å². The molecule has 0 aromatic rings. The highest BCUT2D eigenvalue weighted by Gasteiger charge is 2.41. The van der Waals surface area contributed by atoms with Gasteiger partial charge in [0.25, 0.3) is 0 Å². The van der Waals surface area contributed by atoms with Crippen LogP contribution in [0.2, 0.25) is 18.1 Å². The van der Waals surface area contributed by atoms with Gasteiger partial charge in [0.15, 0.2) is 8.32 Å². The van der Waals surface area contributed by atoms with E-state index < -0.39 is 14.4 Å². The van der Waals surface area contributed by atoms with E-state index in [-0.39, 0.29) is 17.2 Å². The summed E-state index contributed by atoms with van der Waals surface area (Å²) in [5, 5.41) is 9.40. The summed E-state index contributed by atoms with van der Waals surface area (Å²) in [4.78, 5) is 12.7. The van der Waals surface area contributed by atoms with Gasteiger partial charge in [0.1, 0.15) is 0 Å². The molecule has 0 radical (unpaired) electrons. The van der Waals surface area contributed by atoms with Gasteiger partial charge in [-0.25, -0.2) is 4.79 Å². The maximum atomic E-state index is 11.3. The highest BCUT2D eigenvalue weighted by atomic mass is 28.4. The van der Waals surface area contributed by atoms with Gasteiger partial charge in [0, 0.05) is 6.54 Å². The van der Waals surface area contributed by atoms with Crippen LogP contribution < -0.4 is 0 Å². The molecule has 0 aromatic carbocycles. The Kier molecular flexibility index (Phi) is 4.85. The van der Waals surface area contributed by atoms with E-state index >= 15 is 0 Å². The van der Waals surface area contributed by atoms with E-state index in [1.54, 1.807) is 6.08 Å². The molecule has 1 aliphatic heterocycles. The molecule has 0 bridgehead atoms. The van der Waals surface area contributed by atoms with Gasteiger partial charge in [-0.2, -0.15) is 0 Å². The summed E-state index contributed by atoms with van der Waals surface area (Å²) in [6.45, 7) is 15.2. The van der Waals surface area contributed by atoms with Gasteiger partial charge < -0.3 is 9.53 Å². The van der Waals surface area contributed by atoms with E-state index in [1.807, 2.05) is 0 Å². The third kappa shape index (κ3) is 3.83. The largest absolute Gasteiger partial charge is 0.465 e. The van der Waals surface area contributed by atoms with E-state index in [2.05, 4.69) is 40.4 Å². The van der Waals surface area contributed by atoms with E-state index in [4.69, 9.17) is 4.43 Å². The van der Waals surface area contributed by atoms with Gasteiger partial charge >= 0.3 is 6.09 Å². The average Bonchev–Trinajstić information content (AvgIpc) is 2.26. The number of piperidine rings is 1. The SMILES string of the molecule is C=C[C@H]1CC[C@@H](O[Si](C)(C)C(C)(C)C)CN1C(=O)O. The van der Waals surface area contributed by atoms with Crippen molar-refractivity contribution in [3.8, 4) is 0 Å². The van der Waals surface area contributed by atoms with Gasteiger partial charge in [-0.05, 0) is 31.0 Å². The van der Waals surface area contributed by atoms with E-state index in [1.165, 1.54) is 4.90 Å². The Morgan fingerprint density at radius 3 is 2.42 bits per heavy atom. The van der Waals surface area contributed by atoms with Crippen LogP contribution in [0.4, 0.5) is 4.79 Å². The minimum Gasteiger partial charge on any atom is -0.465 e. The normalized spacial score (nSPS) is 25.2. The Hall–Kier alpha value is -0.813. The molecule has 1 heterocycles. The van der Waals surface area contributed by atoms with Crippen molar-refractivity contribution in [2.45, 2.75) is 63.9 Å². The van der Waals surface area contributed by atoms with Crippen molar-refractivity contribution in [1.29, 1.82) is 0 Å². The Morgan fingerprint density at radius 2 is 2.00 bits per heavy atom. The molecular weight excluding hydrogens is 258 g/mol.